The molecule has 1 atom stereocenters. The second kappa shape index (κ2) is 6.60. The van der Waals surface area contributed by atoms with E-state index in [9.17, 15) is 23.1 Å². The maximum atomic E-state index is 12.7. The number of piperidine rings is 1. The normalized spacial score (nSPS) is 19.6. The molecule has 1 aliphatic heterocycles. The summed E-state index contributed by atoms with van der Waals surface area (Å²) >= 11 is 1.14. The van der Waals surface area contributed by atoms with Crippen LogP contribution in [0.3, 0.4) is 0 Å². The Morgan fingerprint density at radius 2 is 2.10 bits per heavy atom. The van der Waals surface area contributed by atoms with E-state index in [4.69, 9.17) is 0 Å². The van der Waals surface area contributed by atoms with Crippen molar-refractivity contribution in [1.29, 1.82) is 0 Å². The van der Waals surface area contributed by atoms with Crippen molar-refractivity contribution >= 4 is 17.7 Å². The number of aromatic hydroxyl groups is 1. The monoisotopic (exact) mass is 319 g/mol. The molecule has 7 heteroatoms. The van der Waals surface area contributed by atoms with Crippen LogP contribution in [0.25, 0.3) is 0 Å². The average molecular weight is 319 g/mol. The van der Waals surface area contributed by atoms with Gasteiger partial charge in [0.25, 0.3) is 0 Å². The van der Waals surface area contributed by atoms with Gasteiger partial charge in [-0.3, -0.25) is 4.79 Å². The molecule has 0 spiro atoms. The third-order valence-corrected chi connectivity index (χ3v) is 4.50. The quantitative estimate of drug-likeness (QED) is 0.869. The Hall–Kier alpha value is -1.37. The summed E-state index contributed by atoms with van der Waals surface area (Å²) < 4.78 is 38.1. The summed E-state index contributed by atoms with van der Waals surface area (Å²) in [5.41, 5.74) is 0. The van der Waals surface area contributed by atoms with Gasteiger partial charge in [-0.2, -0.15) is 13.2 Å². The number of phenols is 1. The molecule has 0 radical (unpaired) electrons. The summed E-state index contributed by atoms with van der Waals surface area (Å²) in [6, 6.07) is 6.57. The molecule has 0 unspecified atom stereocenters. The van der Waals surface area contributed by atoms with E-state index in [1.807, 2.05) is 0 Å². The zero-order chi connectivity index (χ0) is 15.5. The number of phenolic OH excluding ortho intramolecular Hbond substituents is 1. The first-order valence-corrected chi connectivity index (χ1v) is 7.62. The first-order chi connectivity index (χ1) is 9.88. The summed E-state index contributed by atoms with van der Waals surface area (Å²) in [7, 11) is 0. The molecule has 1 aliphatic rings. The van der Waals surface area contributed by atoms with Crippen LogP contribution < -0.4 is 0 Å². The second-order valence-corrected chi connectivity index (χ2v) is 5.99. The highest BCUT2D eigenvalue weighted by Gasteiger charge is 2.42. The van der Waals surface area contributed by atoms with Crippen LogP contribution in [-0.2, 0) is 4.79 Å². The number of nitrogens with zero attached hydrogens (tertiary/aromatic N) is 1. The standard InChI is InChI=1S/C14H16F3NO2S/c15-14(16,17)10-4-3-7-18(8-10)13(20)9-21-12-6-2-1-5-11(12)19/h1-2,5-6,10,19H,3-4,7-9H2/t10-/m0/s1. The molecule has 1 fully saturated rings. The van der Waals surface area contributed by atoms with Crippen LogP contribution >= 0.6 is 11.8 Å². The fourth-order valence-electron chi connectivity index (χ4n) is 2.28. The fraction of sp³-hybridized carbons (Fsp3) is 0.500. The van der Waals surface area contributed by atoms with Crippen LogP contribution in [0.5, 0.6) is 5.75 Å². The Morgan fingerprint density at radius 1 is 1.38 bits per heavy atom. The lowest BCUT2D eigenvalue weighted by Crippen LogP contribution is -2.45. The minimum atomic E-state index is -4.25. The Bertz CT molecular complexity index is 507. The molecule has 21 heavy (non-hydrogen) atoms. The fourth-order valence-corrected chi connectivity index (χ4v) is 3.13. The lowest BCUT2D eigenvalue weighted by atomic mass is 9.97. The number of carbonyl (C=O) groups is 1. The molecule has 1 aromatic carbocycles. The molecule has 0 bridgehead atoms. The van der Waals surface area contributed by atoms with Gasteiger partial charge < -0.3 is 10.0 Å². The summed E-state index contributed by atoms with van der Waals surface area (Å²) in [6.45, 7) is 0.108. The minimum absolute atomic E-state index is 0.0299. The van der Waals surface area contributed by atoms with Gasteiger partial charge in [-0.1, -0.05) is 12.1 Å². The number of thioether (sulfide) groups is 1. The van der Waals surface area contributed by atoms with E-state index < -0.39 is 12.1 Å². The smallest absolute Gasteiger partial charge is 0.393 e. The largest absolute Gasteiger partial charge is 0.507 e. The van der Waals surface area contributed by atoms with Crippen LogP contribution in [0.15, 0.2) is 29.2 Å². The van der Waals surface area contributed by atoms with E-state index in [1.165, 1.54) is 11.0 Å². The Labute approximate surface area is 125 Å². The molecule has 0 aliphatic carbocycles. The molecule has 0 aromatic heterocycles. The van der Waals surface area contributed by atoms with Crippen LogP contribution in [0.2, 0.25) is 0 Å². The Morgan fingerprint density at radius 3 is 2.76 bits per heavy atom. The number of amides is 1. The van der Waals surface area contributed by atoms with Gasteiger partial charge in [0.1, 0.15) is 5.75 Å². The van der Waals surface area contributed by atoms with Crippen molar-refractivity contribution in [2.75, 3.05) is 18.8 Å². The van der Waals surface area contributed by atoms with Crippen molar-refractivity contribution in [3.8, 4) is 5.75 Å². The number of benzene rings is 1. The average Bonchev–Trinajstić information content (AvgIpc) is 2.45. The zero-order valence-electron chi connectivity index (χ0n) is 11.3. The van der Waals surface area contributed by atoms with E-state index in [1.54, 1.807) is 18.2 Å². The topological polar surface area (TPSA) is 40.5 Å². The molecule has 3 nitrogen and oxygen atoms in total. The Balaban J connectivity index is 1.90. The van der Waals surface area contributed by atoms with Crippen LogP contribution in [0.4, 0.5) is 13.2 Å². The number of hydrogen-bond donors (Lipinski definition) is 1. The van der Waals surface area contributed by atoms with Crippen LogP contribution in [0.1, 0.15) is 12.8 Å². The highest BCUT2D eigenvalue weighted by molar-refractivity contribution is 8.00. The van der Waals surface area contributed by atoms with Gasteiger partial charge in [-0.15, -0.1) is 11.8 Å². The molecule has 116 valence electrons. The summed E-state index contributed by atoms with van der Waals surface area (Å²) in [5.74, 6) is -1.65. The third-order valence-electron chi connectivity index (χ3n) is 3.45. The molecule has 1 saturated heterocycles. The summed E-state index contributed by atoms with van der Waals surface area (Å²) in [5, 5.41) is 9.59. The molecular formula is C14H16F3NO2S. The molecule has 1 N–H and O–H groups in total. The number of carbonyl (C=O) groups excluding carboxylic acids is 1. The van der Waals surface area contributed by atoms with Gasteiger partial charge in [0.05, 0.1) is 11.7 Å². The molecule has 1 aromatic rings. The van der Waals surface area contributed by atoms with Crippen molar-refractivity contribution in [2.24, 2.45) is 5.92 Å². The van der Waals surface area contributed by atoms with Gasteiger partial charge in [0, 0.05) is 18.0 Å². The highest BCUT2D eigenvalue weighted by atomic mass is 32.2. The van der Waals surface area contributed by atoms with E-state index in [2.05, 4.69) is 0 Å². The van der Waals surface area contributed by atoms with E-state index in [0.29, 0.717) is 17.9 Å². The first kappa shape index (κ1) is 16.0. The Kier molecular flexibility index (Phi) is 5.03. The zero-order valence-corrected chi connectivity index (χ0v) is 12.1. The number of alkyl halides is 3. The van der Waals surface area contributed by atoms with Crippen LogP contribution in [-0.4, -0.2) is 40.9 Å². The van der Waals surface area contributed by atoms with E-state index in [0.717, 1.165) is 11.8 Å². The second-order valence-electron chi connectivity index (χ2n) is 4.98. The third kappa shape index (κ3) is 4.30. The molecule has 0 saturated carbocycles. The van der Waals surface area contributed by atoms with E-state index in [-0.39, 0.29) is 30.4 Å². The van der Waals surface area contributed by atoms with Crippen molar-refractivity contribution in [3.05, 3.63) is 24.3 Å². The summed E-state index contributed by atoms with van der Waals surface area (Å²) in [4.78, 5) is 13.8. The molecule has 2 rings (SSSR count). The maximum absolute atomic E-state index is 12.7. The van der Waals surface area contributed by atoms with Gasteiger partial charge in [-0.05, 0) is 25.0 Å². The van der Waals surface area contributed by atoms with Crippen molar-refractivity contribution in [1.82, 2.24) is 4.90 Å². The molecular weight excluding hydrogens is 303 g/mol. The summed E-state index contributed by atoms with van der Waals surface area (Å²) in [6.07, 6.45) is -3.79. The molecule has 1 heterocycles. The predicted octanol–water partition coefficient (Wildman–Crippen LogP) is 3.29. The number of likely N-dealkylation sites (tertiary alicyclic amines) is 1. The predicted molar refractivity (Wildman–Crippen MR) is 74.2 cm³/mol. The van der Waals surface area contributed by atoms with Crippen LogP contribution in [0, 0.1) is 5.92 Å². The number of halogens is 3. The molecule has 1 amide bonds. The number of para-hydroxylation sites is 1. The van der Waals surface area contributed by atoms with Crippen molar-refractivity contribution in [3.63, 3.8) is 0 Å². The first-order valence-electron chi connectivity index (χ1n) is 6.63. The van der Waals surface area contributed by atoms with Gasteiger partial charge in [0.15, 0.2) is 0 Å². The lowest BCUT2D eigenvalue weighted by Gasteiger charge is -2.33. The van der Waals surface area contributed by atoms with Gasteiger partial charge in [-0.25, -0.2) is 0 Å². The van der Waals surface area contributed by atoms with Crippen molar-refractivity contribution in [2.45, 2.75) is 23.9 Å². The van der Waals surface area contributed by atoms with Gasteiger partial charge >= 0.3 is 6.18 Å². The van der Waals surface area contributed by atoms with E-state index >= 15 is 0 Å². The minimum Gasteiger partial charge on any atom is -0.507 e. The lowest BCUT2D eigenvalue weighted by molar-refractivity contribution is -0.187. The van der Waals surface area contributed by atoms with Gasteiger partial charge in [0.2, 0.25) is 5.91 Å². The maximum Gasteiger partial charge on any atom is 0.393 e. The number of rotatable bonds is 3. The van der Waals surface area contributed by atoms with Crippen molar-refractivity contribution < 1.29 is 23.1 Å². The number of hydrogen-bond acceptors (Lipinski definition) is 3. The SMILES string of the molecule is O=C(CSc1ccccc1O)N1CCC[C@H](C(F)(F)F)C1. The highest BCUT2D eigenvalue weighted by Crippen LogP contribution is 2.34.